The maximum absolute atomic E-state index is 13.2. The molecule has 8 nitrogen and oxygen atoms in total. The van der Waals surface area contributed by atoms with Crippen LogP contribution in [0.25, 0.3) is 0 Å². The van der Waals surface area contributed by atoms with E-state index in [0.29, 0.717) is 58.3 Å². The predicted molar refractivity (Wildman–Crippen MR) is 112 cm³/mol. The van der Waals surface area contributed by atoms with Gasteiger partial charge in [0, 0.05) is 62.5 Å². The summed E-state index contributed by atoms with van der Waals surface area (Å²) in [5.41, 5.74) is 1.83. The monoisotopic (exact) mass is 416 g/mol. The summed E-state index contributed by atoms with van der Waals surface area (Å²) in [7, 11) is 0. The number of hydrogen-bond acceptors (Lipinski definition) is 5. The fourth-order valence-corrected chi connectivity index (χ4v) is 5.16. The number of pyridine rings is 1. The molecule has 0 aromatic carbocycles. The van der Waals surface area contributed by atoms with Crippen LogP contribution in [-0.4, -0.2) is 71.6 Å². The van der Waals surface area contributed by atoms with E-state index in [1.54, 1.807) is 0 Å². The van der Waals surface area contributed by atoms with Gasteiger partial charge in [0.2, 0.25) is 11.8 Å². The third-order valence-electron chi connectivity index (χ3n) is 6.40. The summed E-state index contributed by atoms with van der Waals surface area (Å²) < 4.78 is 7.25. The number of amides is 2. The summed E-state index contributed by atoms with van der Waals surface area (Å²) in [5, 5.41) is 2.91. The first-order chi connectivity index (χ1) is 14.4. The molecule has 0 radical (unpaired) electrons. The molecule has 0 aliphatic carbocycles. The predicted octanol–water partition coefficient (Wildman–Crippen LogP) is 0.541. The second kappa shape index (κ2) is 8.89. The lowest BCUT2D eigenvalue weighted by Gasteiger charge is -2.43. The van der Waals surface area contributed by atoms with Crippen LogP contribution in [0.2, 0.25) is 0 Å². The minimum Gasteiger partial charge on any atom is -0.381 e. The first-order valence-corrected chi connectivity index (χ1v) is 11.0. The molecule has 0 spiro atoms. The Morgan fingerprint density at radius 2 is 2.03 bits per heavy atom. The summed E-state index contributed by atoms with van der Waals surface area (Å²) in [5.74, 6) is 0.663. The maximum Gasteiger partial charge on any atom is 0.255 e. The van der Waals surface area contributed by atoms with E-state index in [4.69, 9.17) is 4.74 Å². The minimum atomic E-state index is 0.00967. The lowest BCUT2D eigenvalue weighted by molar-refractivity contribution is -0.135. The average molecular weight is 417 g/mol. The lowest BCUT2D eigenvalue weighted by Crippen LogP contribution is -2.53. The molecule has 3 aliphatic heterocycles. The Morgan fingerprint density at radius 3 is 2.80 bits per heavy atom. The molecular weight excluding hydrogens is 384 g/mol. The van der Waals surface area contributed by atoms with Gasteiger partial charge < -0.3 is 19.5 Å². The van der Waals surface area contributed by atoms with E-state index >= 15 is 0 Å². The van der Waals surface area contributed by atoms with Gasteiger partial charge in [0.15, 0.2) is 0 Å². The van der Waals surface area contributed by atoms with Gasteiger partial charge >= 0.3 is 0 Å². The standard InChI is InChI=1S/C22H32N4O4/c1-3-30-7-6-21(28)25-10-16-8-18(13-25)19-5-4-17(22(29)26(19)11-16)12-24-9-15(2)23-20(27)14-24/h4-5,15-16,18H,3,6-14H2,1-2H3,(H,23,27)/t15-,16+,18-/m1/s1. The number of likely N-dealkylation sites (tertiary alicyclic amines) is 1. The van der Waals surface area contributed by atoms with Crippen molar-refractivity contribution in [3.05, 3.63) is 33.7 Å². The van der Waals surface area contributed by atoms with E-state index in [1.165, 1.54) is 0 Å². The smallest absolute Gasteiger partial charge is 0.255 e. The number of hydrogen-bond donors (Lipinski definition) is 1. The molecule has 0 unspecified atom stereocenters. The van der Waals surface area contributed by atoms with E-state index in [9.17, 15) is 14.4 Å². The maximum atomic E-state index is 13.2. The van der Waals surface area contributed by atoms with Gasteiger partial charge in [0.05, 0.1) is 19.6 Å². The first-order valence-electron chi connectivity index (χ1n) is 11.0. The zero-order valence-corrected chi connectivity index (χ0v) is 17.9. The SMILES string of the molecule is CCOCCC(=O)N1C[C@@H]2C[C@H](C1)c1ccc(CN3CC(=O)N[C@H](C)C3)c(=O)n1C2. The number of aromatic nitrogens is 1. The lowest BCUT2D eigenvalue weighted by atomic mass is 9.83. The molecule has 4 heterocycles. The van der Waals surface area contributed by atoms with Crippen molar-refractivity contribution in [2.75, 3.05) is 39.4 Å². The van der Waals surface area contributed by atoms with E-state index < -0.39 is 0 Å². The Kier molecular flexibility index (Phi) is 6.24. The number of carbonyl (C=O) groups excluding carboxylic acids is 2. The minimum absolute atomic E-state index is 0.00967. The third kappa shape index (κ3) is 4.44. The van der Waals surface area contributed by atoms with E-state index in [1.807, 2.05) is 34.3 Å². The molecule has 2 bridgehead atoms. The van der Waals surface area contributed by atoms with Crippen LogP contribution < -0.4 is 10.9 Å². The highest BCUT2D eigenvalue weighted by atomic mass is 16.5. The van der Waals surface area contributed by atoms with Crippen LogP contribution in [-0.2, 0) is 27.4 Å². The molecule has 2 fully saturated rings. The van der Waals surface area contributed by atoms with Crippen LogP contribution in [0.1, 0.15) is 43.9 Å². The number of piperidine rings is 1. The van der Waals surface area contributed by atoms with Crippen LogP contribution in [0.15, 0.2) is 16.9 Å². The summed E-state index contributed by atoms with van der Waals surface area (Å²) in [4.78, 5) is 41.6. The molecular formula is C22H32N4O4. The highest BCUT2D eigenvalue weighted by molar-refractivity contribution is 5.79. The van der Waals surface area contributed by atoms with Gasteiger partial charge in [0.25, 0.3) is 5.56 Å². The van der Waals surface area contributed by atoms with Crippen LogP contribution in [0.4, 0.5) is 0 Å². The van der Waals surface area contributed by atoms with Gasteiger partial charge in [-0.2, -0.15) is 0 Å². The van der Waals surface area contributed by atoms with Crippen LogP contribution in [0.3, 0.4) is 0 Å². The molecule has 4 rings (SSSR count). The van der Waals surface area contributed by atoms with Crippen molar-refractivity contribution in [2.45, 2.75) is 51.7 Å². The highest BCUT2D eigenvalue weighted by Gasteiger charge is 2.36. The molecule has 0 saturated carbocycles. The Bertz CT molecular complexity index is 867. The number of fused-ring (bicyclic) bond motifs is 4. The number of rotatable bonds is 6. The summed E-state index contributed by atoms with van der Waals surface area (Å²) in [6.45, 7) is 8.61. The van der Waals surface area contributed by atoms with Crippen molar-refractivity contribution in [2.24, 2.45) is 5.92 Å². The molecule has 164 valence electrons. The second-order valence-corrected chi connectivity index (χ2v) is 8.88. The van der Waals surface area contributed by atoms with Gasteiger partial charge in [0.1, 0.15) is 0 Å². The topological polar surface area (TPSA) is 83.9 Å². The fraction of sp³-hybridized carbons (Fsp3) is 0.682. The number of nitrogens with zero attached hydrogens (tertiary/aromatic N) is 3. The molecule has 30 heavy (non-hydrogen) atoms. The number of carbonyl (C=O) groups is 2. The van der Waals surface area contributed by atoms with Crippen molar-refractivity contribution in [1.82, 2.24) is 19.7 Å². The highest BCUT2D eigenvalue weighted by Crippen LogP contribution is 2.35. The molecule has 2 saturated heterocycles. The number of piperazine rings is 1. The van der Waals surface area contributed by atoms with E-state index in [-0.39, 0.29) is 29.3 Å². The number of nitrogens with one attached hydrogen (secondary N) is 1. The summed E-state index contributed by atoms with van der Waals surface area (Å²) >= 11 is 0. The van der Waals surface area contributed by atoms with Crippen molar-refractivity contribution in [1.29, 1.82) is 0 Å². The summed E-state index contributed by atoms with van der Waals surface area (Å²) in [6, 6.07) is 4.07. The molecule has 1 N–H and O–H groups in total. The van der Waals surface area contributed by atoms with Crippen molar-refractivity contribution >= 4 is 11.8 Å². The van der Waals surface area contributed by atoms with Gasteiger partial charge in [-0.05, 0) is 32.3 Å². The Labute approximate surface area is 177 Å². The van der Waals surface area contributed by atoms with E-state index in [0.717, 1.165) is 24.2 Å². The molecule has 3 atom stereocenters. The van der Waals surface area contributed by atoms with Crippen LogP contribution in [0, 0.1) is 5.92 Å². The van der Waals surface area contributed by atoms with Crippen LogP contribution >= 0.6 is 0 Å². The van der Waals surface area contributed by atoms with Crippen molar-refractivity contribution < 1.29 is 14.3 Å². The first kappa shape index (κ1) is 21.1. The zero-order chi connectivity index (χ0) is 21.3. The van der Waals surface area contributed by atoms with Gasteiger partial charge in [-0.25, -0.2) is 0 Å². The number of ether oxygens (including phenoxy) is 1. The Hall–Kier alpha value is -2.19. The molecule has 3 aliphatic rings. The second-order valence-electron chi connectivity index (χ2n) is 8.88. The zero-order valence-electron chi connectivity index (χ0n) is 17.9. The van der Waals surface area contributed by atoms with Gasteiger partial charge in [-0.15, -0.1) is 0 Å². The normalized spacial score (nSPS) is 26.3. The molecule has 1 aromatic rings. The van der Waals surface area contributed by atoms with Crippen molar-refractivity contribution in [3.8, 4) is 0 Å². The molecule has 1 aromatic heterocycles. The Balaban J connectivity index is 1.47. The fourth-order valence-electron chi connectivity index (χ4n) is 5.16. The quantitative estimate of drug-likeness (QED) is 0.685. The Morgan fingerprint density at radius 1 is 1.20 bits per heavy atom. The summed E-state index contributed by atoms with van der Waals surface area (Å²) in [6.07, 6.45) is 1.44. The van der Waals surface area contributed by atoms with E-state index in [2.05, 4.69) is 11.4 Å². The molecule has 8 heteroatoms. The van der Waals surface area contributed by atoms with Gasteiger partial charge in [-0.3, -0.25) is 19.3 Å². The largest absolute Gasteiger partial charge is 0.381 e. The average Bonchev–Trinajstić information content (AvgIpc) is 2.70. The van der Waals surface area contributed by atoms with Crippen molar-refractivity contribution in [3.63, 3.8) is 0 Å². The molecule has 2 amide bonds. The van der Waals surface area contributed by atoms with Crippen LogP contribution in [0.5, 0.6) is 0 Å². The van der Waals surface area contributed by atoms with Gasteiger partial charge in [-0.1, -0.05) is 6.07 Å². The third-order valence-corrected chi connectivity index (χ3v) is 6.40.